The van der Waals surface area contributed by atoms with E-state index in [1.165, 1.54) is 0 Å². The van der Waals surface area contributed by atoms with Crippen molar-refractivity contribution < 1.29 is 13.9 Å². The van der Waals surface area contributed by atoms with Crippen LogP contribution in [-0.2, 0) is 16.1 Å². The highest BCUT2D eigenvalue weighted by molar-refractivity contribution is 5.71. The van der Waals surface area contributed by atoms with Gasteiger partial charge in [-0.05, 0) is 38.9 Å². The van der Waals surface area contributed by atoms with Crippen molar-refractivity contribution in [1.29, 1.82) is 0 Å². The van der Waals surface area contributed by atoms with Gasteiger partial charge < -0.3 is 9.15 Å². The van der Waals surface area contributed by atoms with E-state index in [1.807, 2.05) is 30.9 Å². The molecule has 0 aliphatic carbocycles. The Balaban J connectivity index is 2.50. The number of aryl methyl sites for hydroxylation is 1. The minimum absolute atomic E-state index is 0.177. The minimum atomic E-state index is -0.177. The van der Waals surface area contributed by atoms with Crippen molar-refractivity contribution in [3.05, 3.63) is 23.7 Å². The van der Waals surface area contributed by atoms with Crippen LogP contribution in [0.2, 0.25) is 0 Å². The molecule has 0 saturated carbocycles. The summed E-state index contributed by atoms with van der Waals surface area (Å²) in [6.07, 6.45) is 0.999. The Morgan fingerprint density at radius 2 is 2.18 bits per heavy atom. The van der Waals surface area contributed by atoms with E-state index in [9.17, 15) is 4.79 Å². The number of nitrogens with zero attached hydrogens (tertiary/aromatic N) is 1. The molecule has 1 aromatic rings. The largest absolute Gasteiger partial charge is 0.465 e. The molecule has 0 fully saturated rings. The fourth-order valence-corrected chi connectivity index (χ4v) is 1.71. The van der Waals surface area contributed by atoms with Crippen LogP contribution in [0.1, 0.15) is 31.8 Å². The van der Waals surface area contributed by atoms with Crippen LogP contribution in [0.5, 0.6) is 0 Å². The van der Waals surface area contributed by atoms with Gasteiger partial charge in [0.2, 0.25) is 0 Å². The first-order valence-corrected chi connectivity index (χ1v) is 6.09. The summed E-state index contributed by atoms with van der Waals surface area (Å²) in [5.41, 5.74) is 0. The Labute approximate surface area is 103 Å². The lowest BCUT2D eigenvalue weighted by molar-refractivity contribution is -0.144. The van der Waals surface area contributed by atoms with E-state index in [4.69, 9.17) is 9.15 Å². The number of hydrogen-bond donors (Lipinski definition) is 0. The predicted molar refractivity (Wildman–Crippen MR) is 65.6 cm³/mol. The van der Waals surface area contributed by atoms with Crippen LogP contribution in [-0.4, -0.2) is 30.6 Å². The summed E-state index contributed by atoms with van der Waals surface area (Å²) in [6, 6.07) is 3.88. The van der Waals surface area contributed by atoms with E-state index in [1.54, 1.807) is 0 Å². The number of carbonyl (C=O) groups excluding carboxylic acids is 1. The van der Waals surface area contributed by atoms with Crippen LogP contribution >= 0.6 is 0 Å². The van der Waals surface area contributed by atoms with Gasteiger partial charge in [-0.1, -0.05) is 6.92 Å². The summed E-state index contributed by atoms with van der Waals surface area (Å²) < 4.78 is 10.5. The van der Waals surface area contributed by atoms with Crippen LogP contribution < -0.4 is 0 Å². The van der Waals surface area contributed by atoms with Gasteiger partial charge in [0.15, 0.2) is 0 Å². The molecule has 0 N–H and O–H groups in total. The number of rotatable bonds is 7. The molecule has 0 aromatic carbocycles. The van der Waals surface area contributed by atoms with Gasteiger partial charge in [0.05, 0.1) is 19.7 Å². The summed E-state index contributed by atoms with van der Waals surface area (Å²) in [7, 11) is 0. The summed E-state index contributed by atoms with van der Waals surface area (Å²) in [4.78, 5) is 13.5. The molecule has 0 amide bonds. The van der Waals surface area contributed by atoms with Crippen LogP contribution in [0, 0.1) is 6.92 Å². The van der Waals surface area contributed by atoms with E-state index in [2.05, 4.69) is 6.92 Å². The first-order chi connectivity index (χ1) is 8.15. The molecule has 4 nitrogen and oxygen atoms in total. The molecule has 0 aliphatic heterocycles. The van der Waals surface area contributed by atoms with Gasteiger partial charge in [-0.25, -0.2) is 0 Å². The van der Waals surface area contributed by atoms with Gasteiger partial charge in [-0.3, -0.25) is 9.69 Å². The maximum absolute atomic E-state index is 11.4. The monoisotopic (exact) mass is 239 g/mol. The summed E-state index contributed by atoms with van der Waals surface area (Å²) in [5.74, 6) is 1.61. The van der Waals surface area contributed by atoms with E-state index in [0.29, 0.717) is 19.7 Å². The normalized spacial score (nSPS) is 10.8. The molecule has 0 spiro atoms. The van der Waals surface area contributed by atoms with Crippen molar-refractivity contribution in [3.63, 3.8) is 0 Å². The third-order valence-electron chi connectivity index (χ3n) is 2.37. The molecule has 0 radical (unpaired) electrons. The number of ether oxygens (including phenoxy) is 1. The molecular weight excluding hydrogens is 218 g/mol. The van der Waals surface area contributed by atoms with E-state index in [-0.39, 0.29) is 5.97 Å². The average Bonchev–Trinajstić information content (AvgIpc) is 2.64. The summed E-state index contributed by atoms with van der Waals surface area (Å²) >= 11 is 0. The number of esters is 1. The second-order valence-corrected chi connectivity index (χ2v) is 4.03. The summed E-state index contributed by atoms with van der Waals surface area (Å²) in [5, 5.41) is 0. The molecule has 17 heavy (non-hydrogen) atoms. The van der Waals surface area contributed by atoms with Crippen LogP contribution in [0.15, 0.2) is 16.5 Å². The third kappa shape index (κ3) is 5.04. The third-order valence-corrected chi connectivity index (χ3v) is 2.37. The SMILES string of the molecule is CCCN(CC(=O)OCC)Cc1ccc(C)o1. The van der Waals surface area contributed by atoms with Crippen molar-refractivity contribution in [2.24, 2.45) is 0 Å². The first-order valence-electron chi connectivity index (χ1n) is 6.09. The van der Waals surface area contributed by atoms with E-state index >= 15 is 0 Å². The Morgan fingerprint density at radius 3 is 2.71 bits per heavy atom. The van der Waals surface area contributed by atoms with Gasteiger partial charge >= 0.3 is 5.97 Å². The van der Waals surface area contributed by atoms with Crippen molar-refractivity contribution in [3.8, 4) is 0 Å². The average molecular weight is 239 g/mol. The zero-order chi connectivity index (χ0) is 12.7. The highest BCUT2D eigenvalue weighted by Crippen LogP contribution is 2.10. The summed E-state index contributed by atoms with van der Waals surface area (Å²) in [6.45, 7) is 8.08. The molecule has 96 valence electrons. The molecule has 0 bridgehead atoms. The van der Waals surface area contributed by atoms with Crippen molar-refractivity contribution in [1.82, 2.24) is 4.90 Å². The van der Waals surface area contributed by atoms with Crippen molar-refractivity contribution in [2.75, 3.05) is 19.7 Å². The van der Waals surface area contributed by atoms with Gasteiger partial charge in [0, 0.05) is 0 Å². The van der Waals surface area contributed by atoms with Crippen molar-refractivity contribution in [2.45, 2.75) is 33.7 Å². The van der Waals surface area contributed by atoms with Gasteiger partial charge in [0.25, 0.3) is 0 Å². The maximum atomic E-state index is 11.4. The molecule has 0 aliphatic rings. The minimum Gasteiger partial charge on any atom is -0.465 e. The van der Waals surface area contributed by atoms with Gasteiger partial charge in [-0.2, -0.15) is 0 Å². The molecule has 0 unspecified atom stereocenters. The topological polar surface area (TPSA) is 42.7 Å². The Kier molecular flexibility index (Phi) is 5.77. The fourth-order valence-electron chi connectivity index (χ4n) is 1.71. The molecule has 0 atom stereocenters. The smallest absolute Gasteiger partial charge is 0.320 e. The van der Waals surface area contributed by atoms with Gasteiger partial charge in [-0.15, -0.1) is 0 Å². The number of carbonyl (C=O) groups is 1. The van der Waals surface area contributed by atoms with E-state index < -0.39 is 0 Å². The lowest BCUT2D eigenvalue weighted by atomic mass is 10.3. The molecule has 1 heterocycles. The highest BCUT2D eigenvalue weighted by atomic mass is 16.5. The van der Waals surface area contributed by atoms with Crippen LogP contribution in [0.4, 0.5) is 0 Å². The van der Waals surface area contributed by atoms with Crippen molar-refractivity contribution >= 4 is 5.97 Å². The molecule has 0 saturated heterocycles. The molecular formula is C13H21NO3. The Morgan fingerprint density at radius 1 is 1.41 bits per heavy atom. The Bertz CT molecular complexity index is 346. The standard InChI is InChI=1S/C13H21NO3/c1-4-8-14(10-13(15)16-5-2)9-12-7-6-11(3)17-12/h6-7H,4-5,8-10H2,1-3H3. The maximum Gasteiger partial charge on any atom is 0.320 e. The zero-order valence-corrected chi connectivity index (χ0v) is 10.9. The Hall–Kier alpha value is -1.29. The zero-order valence-electron chi connectivity index (χ0n) is 10.9. The van der Waals surface area contributed by atoms with E-state index in [0.717, 1.165) is 24.5 Å². The van der Waals surface area contributed by atoms with Gasteiger partial charge in [0.1, 0.15) is 11.5 Å². The van der Waals surface area contributed by atoms with Crippen LogP contribution in [0.25, 0.3) is 0 Å². The fraction of sp³-hybridized carbons (Fsp3) is 0.615. The second kappa shape index (κ2) is 7.12. The highest BCUT2D eigenvalue weighted by Gasteiger charge is 2.12. The number of furan rings is 1. The van der Waals surface area contributed by atoms with Crippen LogP contribution in [0.3, 0.4) is 0 Å². The molecule has 1 rings (SSSR count). The lowest BCUT2D eigenvalue weighted by Crippen LogP contribution is -2.31. The lowest BCUT2D eigenvalue weighted by Gasteiger charge is -2.19. The molecule has 1 aromatic heterocycles. The predicted octanol–water partition coefficient (Wildman–Crippen LogP) is 2.36. The molecule has 4 heteroatoms. The quantitative estimate of drug-likeness (QED) is 0.685. The number of hydrogen-bond acceptors (Lipinski definition) is 4. The second-order valence-electron chi connectivity index (χ2n) is 4.03. The first kappa shape index (κ1) is 13.8.